The third kappa shape index (κ3) is 2.53. The molecule has 0 spiro atoms. The summed E-state index contributed by atoms with van der Waals surface area (Å²) in [7, 11) is 1.81. The van der Waals surface area contributed by atoms with Crippen LogP contribution in [0, 0.1) is 5.82 Å². The maximum absolute atomic E-state index is 13.6. The Balaban J connectivity index is 2.19. The number of benzene rings is 2. The van der Waals surface area contributed by atoms with E-state index in [1.807, 2.05) is 7.05 Å². The number of hydrogen-bond acceptors (Lipinski definition) is 3. The van der Waals surface area contributed by atoms with Gasteiger partial charge in [-0.25, -0.2) is 4.39 Å². The van der Waals surface area contributed by atoms with E-state index < -0.39 is 0 Å². The topological polar surface area (TPSA) is 49.5 Å². The van der Waals surface area contributed by atoms with Crippen LogP contribution >= 0.6 is 0 Å². The van der Waals surface area contributed by atoms with E-state index >= 15 is 0 Å². The highest BCUT2D eigenvalue weighted by Gasteiger charge is 2.08. The van der Waals surface area contributed by atoms with Gasteiger partial charge in [0.2, 0.25) is 0 Å². The van der Waals surface area contributed by atoms with Crippen molar-refractivity contribution in [2.75, 3.05) is 17.7 Å². The maximum atomic E-state index is 13.6. The number of phenols is 1. The molecule has 3 N–H and O–H groups in total. The molecule has 2 rings (SSSR count). The quantitative estimate of drug-likeness (QED) is 0.646. The highest BCUT2D eigenvalue weighted by Crippen LogP contribution is 2.23. The van der Waals surface area contributed by atoms with Crippen LogP contribution in [-0.4, -0.2) is 12.2 Å². The van der Waals surface area contributed by atoms with E-state index in [1.165, 1.54) is 6.07 Å². The van der Waals surface area contributed by atoms with Crippen molar-refractivity contribution in [3.8, 4) is 5.75 Å². The molecule has 0 aliphatic heterocycles. The van der Waals surface area contributed by atoms with Gasteiger partial charge in [-0.3, -0.25) is 0 Å². The van der Waals surface area contributed by atoms with Crippen LogP contribution in [0.1, 0.15) is 5.56 Å². The van der Waals surface area contributed by atoms with E-state index in [0.29, 0.717) is 17.9 Å². The molecule has 0 unspecified atom stereocenters. The Labute approximate surface area is 105 Å². The molecule has 0 aliphatic rings. The zero-order valence-corrected chi connectivity index (χ0v) is 10.1. The average molecular weight is 246 g/mol. The van der Waals surface area contributed by atoms with Gasteiger partial charge in [0.05, 0.1) is 11.4 Å². The Morgan fingerprint density at radius 3 is 2.61 bits per heavy atom. The molecule has 0 bridgehead atoms. The molecule has 3 nitrogen and oxygen atoms in total. The van der Waals surface area contributed by atoms with Gasteiger partial charge in [-0.2, -0.15) is 0 Å². The number of phenolic OH excluding ortho intramolecular Hbond substituents is 1. The normalized spacial score (nSPS) is 10.3. The Kier molecular flexibility index (Phi) is 3.37. The zero-order chi connectivity index (χ0) is 13.1. The number of hydrogen-bond donors (Lipinski definition) is 2. The largest absolute Gasteiger partial charge is 0.506 e. The summed E-state index contributed by atoms with van der Waals surface area (Å²) >= 11 is 0. The number of nitrogen functional groups attached to an aromatic ring is 1. The highest BCUT2D eigenvalue weighted by molar-refractivity contribution is 5.54. The molecule has 94 valence electrons. The molecule has 0 saturated carbocycles. The summed E-state index contributed by atoms with van der Waals surface area (Å²) in [5.74, 6) is -0.195. The van der Waals surface area contributed by atoms with E-state index in [4.69, 9.17) is 5.73 Å². The summed E-state index contributed by atoms with van der Waals surface area (Å²) in [4.78, 5) is 1.79. The Hall–Kier alpha value is -2.23. The van der Waals surface area contributed by atoms with E-state index in [1.54, 1.807) is 41.3 Å². The summed E-state index contributed by atoms with van der Waals surface area (Å²) < 4.78 is 13.6. The molecule has 0 aliphatic carbocycles. The molecule has 0 amide bonds. The molecule has 0 fully saturated rings. The summed E-state index contributed by atoms with van der Waals surface area (Å²) in [6, 6.07) is 11.6. The minimum atomic E-state index is -0.258. The smallest absolute Gasteiger partial charge is 0.146 e. The van der Waals surface area contributed by atoms with Gasteiger partial charge in [0.25, 0.3) is 0 Å². The number of nitrogens with two attached hydrogens (primary N) is 1. The van der Waals surface area contributed by atoms with Gasteiger partial charge >= 0.3 is 0 Å². The minimum Gasteiger partial charge on any atom is -0.506 e. The predicted molar refractivity (Wildman–Crippen MR) is 71.0 cm³/mol. The maximum Gasteiger partial charge on any atom is 0.146 e. The lowest BCUT2D eigenvalue weighted by atomic mass is 10.1. The highest BCUT2D eigenvalue weighted by atomic mass is 19.1. The number of aromatic hydroxyl groups is 1. The summed E-state index contributed by atoms with van der Waals surface area (Å²) in [5, 5.41) is 9.34. The minimum absolute atomic E-state index is 0.0623. The van der Waals surface area contributed by atoms with Crippen LogP contribution in [0.25, 0.3) is 0 Å². The van der Waals surface area contributed by atoms with E-state index in [0.717, 1.165) is 5.56 Å². The van der Waals surface area contributed by atoms with Gasteiger partial charge in [0, 0.05) is 13.6 Å². The van der Waals surface area contributed by atoms with E-state index in [-0.39, 0.29) is 11.6 Å². The molecule has 2 aromatic rings. The predicted octanol–water partition coefficient (Wildman–Crippen LogP) is 2.75. The molecule has 0 radical (unpaired) electrons. The molecule has 0 atom stereocenters. The molecule has 0 heterocycles. The van der Waals surface area contributed by atoms with E-state index in [2.05, 4.69) is 0 Å². The second-order valence-corrected chi connectivity index (χ2v) is 4.20. The first-order valence-electron chi connectivity index (χ1n) is 5.61. The Bertz CT molecular complexity index is 557. The van der Waals surface area contributed by atoms with Crippen molar-refractivity contribution in [1.82, 2.24) is 0 Å². The van der Waals surface area contributed by atoms with Crippen molar-refractivity contribution >= 4 is 11.4 Å². The molecule has 18 heavy (non-hydrogen) atoms. The molecule has 2 aromatic carbocycles. The second kappa shape index (κ2) is 4.96. The standard InChI is InChI=1S/C14H15FN2O/c1-17(13-5-3-2-4-11(13)15)9-10-6-7-14(18)12(16)8-10/h2-8,18H,9,16H2,1H3. The number of nitrogens with zero attached hydrogens (tertiary/aromatic N) is 1. The third-order valence-electron chi connectivity index (χ3n) is 2.78. The lowest BCUT2D eigenvalue weighted by Gasteiger charge is -2.20. The molecular formula is C14H15FN2O. The molecule has 0 aromatic heterocycles. The monoisotopic (exact) mass is 246 g/mol. The lowest BCUT2D eigenvalue weighted by Crippen LogP contribution is -2.17. The Morgan fingerprint density at radius 1 is 1.22 bits per heavy atom. The first-order valence-corrected chi connectivity index (χ1v) is 5.61. The number of para-hydroxylation sites is 1. The molecule has 0 saturated heterocycles. The van der Waals surface area contributed by atoms with Gasteiger partial charge in [-0.15, -0.1) is 0 Å². The van der Waals surface area contributed by atoms with Crippen molar-refractivity contribution in [3.05, 3.63) is 53.8 Å². The van der Waals surface area contributed by atoms with Crippen molar-refractivity contribution in [2.24, 2.45) is 0 Å². The lowest BCUT2D eigenvalue weighted by molar-refractivity contribution is 0.477. The molecular weight excluding hydrogens is 231 g/mol. The fraction of sp³-hybridized carbons (Fsp3) is 0.143. The summed E-state index contributed by atoms with van der Waals surface area (Å²) in [5.41, 5.74) is 7.40. The van der Waals surface area contributed by atoms with Crippen LogP contribution < -0.4 is 10.6 Å². The SMILES string of the molecule is CN(Cc1ccc(O)c(N)c1)c1ccccc1F. The van der Waals surface area contributed by atoms with Crippen molar-refractivity contribution in [3.63, 3.8) is 0 Å². The van der Waals surface area contributed by atoms with Crippen LogP contribution in [-0.2, 0) is 6.54 Å². The average Bonchev–Trinajstić information content (AvgIpc) is 2.34. The van der Waals surface area contributed by atoms with Gasteiger partial charge in [0.1, 0.15) is 11.6 Å². The second-order valence-electron chi connectivity index (χ2n) is 4.20. The number of rotatable bonds is 3. The van der Waals surface area contributed by atoms with Gasteiger partial charge in [-0.1, -0.05) is 18.2 Å². The van der Waals surface area contributed by atoms with Gasteiger partial charge in [-0.05, 0) is 29.8 Å². The van der Waals surface area contributed by atoms with Crippen LogP contribution in [0.15, 0.2) is 42.5 Å². The van der Waals surface area contributed by atoms with Crippen LogP contribution in [0.5, 0.6) is 5.75 Å². The van der Waals surface area contributed by atoms with E-state index in [9.17, 15) is 9.50 Å². The zero-order valence-electron chi connectivity index (χ0n) is 10.1. The first kappa shape index (κ1) is 12.2. The molecule has 4 heteroatoms. The Morgan fingerprint density at radius 2 is 1.94 bits per heavy atom. The summed E-state index contributed by atoms with van der Waals surface area (Å²) in [6.07, 6.45) is 0. The fourth-order valence-electron chi connectivity index (χ4n) is 1.82. The van der Waals surface area contributed by atoms with Crippen LogP contribution in [0.3, 0.4) is 0 Å². The van der Waals surface area contributed by atoms with Crippen molar-refractivity contribution in [1.29, 1.82) is 0 Å². The first-order chi connectivity index (χ1) is 8.58. The fourth-order valence-corrected chi connectivity index (χ4v) is 1.82. The van der Waals surface area contributed by atoms with Gasteiger partial charge in [0.15, 0.2) is 0 Å². The van der Waals surface area contributed by atoms with Gasteiger partial charge < -0.3 is 15.7 Å². The van der Waals surface area contributed by atoms with Crippen LogP contribution in [0.4, 0.5) is 15.8 Å². The summed E-state index contributed by atoms with van der Waals surface area (Å²) in [6.45, 7) is 0.519. The number of anilines is 2. The third-order valence-corrected chi connectivity index (χ3v) is 2.78. The van der Waals surface area contributed by atoms with Crippen LogP contribution in [0.2, 0.25) is 0 Å². The number of halogens is 1. The van der Waals surface area contributed by atoms with Crippen molar-refractivity contribution in [2.45, 2.75) is 6.54 Å². The van der Waals surface area contributed by atoms with Crippen molar-refractivity contribution < 1.29 is 9.50 Å².